The van der Waals surface area contributed by atoms with Crippen molar-refractivity contribution >= 4 is 0 Å². The van der Waals surface area contributed by atoms with Crippen molar-refractivity contribution < 1.29 is 0 Å². The van der Waals surface area contributed by atoms with E-state index in [1.165, 1.54) is 37.7 Å². The molecule has 0 N–H and O–H groups in total. The number of benzene rings is 1. The summed E-state index contributed by atoms with van der Waals surface area (Å²) in [5.41, 5.74) is 4.73. The summed E-state index contributed by atoms with van der Waals surface area (Å²) < 4.78 is 0. The Morgan fingerprint density at radius 2 is 2.06 bits per heavy atom. The van der Waals surface area contributed by atoms with Gasteiger partial charge in [0.15, 0.2) is 0 Å². The Morgan fingerprint density at radius 3 is 2.72 bits per heavy atom. The van der Waals surface area contributed by atoms with Crippen molar-refractivity contribution in [2.45, 2.75) is 58.8 Å². The van der Waals surface area contributed by atoms with Crippen LogP contribution in [0.4, 0.5) is 0 Å². The van der Waals surface area contributed by atoms with E-state index in [1.807, 2.05) is 0 Å². The molecule has 0 aliphatic heterocycles. The van der Waals surface area contributed by atoms with Gasteiger partial charge in [0, 0.05) is 0 Å². The summed E-state index contributed by atoms with van der Waals surface area (Å²) >= 11 is 0. The lowest BCUT2D eigenvalue weighted by molar-refractivity contribution is 0.556. The van der Waals surface area contributed by atoms with Crippen LogP contribution >= 0.6 is 0 Å². The standard InChI is InChI=1S/C18H26/c1-4-15(5-2)10-6-7-11-16-13-17-12-8-9-14(3)18(16)17/h6,8-10,12,15-16H,4-5,7,11,13H2,1-3H3/b10-6+. The predicted octanol–water partition coefficient (Wildman–Crippen LogP) is 5.41. The van der Waals surface area contributed by atoms with Crippen LogP contribution in [-0.2, 0) is 6.42 Å². The molecule has 0 saturated heterocycles. The minimum absolute atomic E-state index is 0.792. The maximum atomic E-state index is 2.43. The van der Waals surface area contributed by atoms with E-state index in [9.17, 15) is 0 Å². The highest BCUT2D eigenvalue weighted by Gasteiger charge is 2.26. The van der Waals surface area contributed by atoms with E-state index in [4.69, 9.17) is 0 Å². The van der Waals surface area contributed by atoms with Crippen molar-refractivity contribution in [1.29, 1.82) is 0 Å². The summed E-state index contributed by atoms with van der Waals surface area (Å²) in [5.74, 6) is 1.62. The first-order chi connectivity index (χ1) is 8.76. The molecule has 1 aliphatic carbocycles. The number of hydrogen-bond acceptors (Lipinski definition) is 0. The average molecular weight is 242 g/mol. The lowest BCUT2D eigenvalue weighted by Crippen LogP contribution is -2.18. The van der Waals surface area contributed by atoms with E-state index in [0.717, 1.165) is 11.8 Å². The van der Waals surface area contributed by atoms with Gasteiger partial charge in [-0.05, 0) is 67.6 Å². The number of fused-ring (bicyclic) bond motifs is 1. The van der Waals surface area contributed by atoms with Crippen molar-refractivity contribution in [2.75, 3.05) is 0 Å². The average Bonchev–Trinajstić information content (AvgIpc) is 2.34. The Morgan fingerprint density at radius 1 is 1.28 bits per heavy atom. The Bertz CT molecular complexity index is 396. The van der Waals surface area contributed by atoms with Crippen LogP contribution in [0, 0.1) is 12.8 Å². The largest absolute Gasteiger partial charge is 0.0882 e. The Kier molecular flexibility index (Phi) is 4.63. The van der Waals surface area contributed by atoms with Crippen LogP contribution in [0.1, 0.15) is 62.1 Å². The van der Waals surface area contributed by atoms with Gasteiger partial charge in [0.1, 0.15) is 0 Å². The second-order valence-corrected chi connectivity index (χ2v) is 5.63. The van der Waals surface area contributed by atoms with Gasteiger partial charge in [-0.1, -0.05) is 44.2 Å². The van der Waals surface area contributed by atoms with Crippen LogP contribution in [0.15, 0.2) is 30.4 Å². The van der Waals surface area contributed by atoms with Gasteiger partial charge in [0.25, 0.3) is 0 Å². The van der Waals surface area contributed by atoms with Crippen LogP contribution in [0.2, 0.25) is 0 Å². The summed E-state index contributed by atoms with van der Waals surface area (Å²) in [5, 5.41) is 0. The summed E-state index contributed by atoms with van der Waals surface area (Å²) in [6.45, 7) is 6.82. The normalized spacial score (nSPS) is 18.1. The molecular weight excluding hydrogens is 216 g/mol. The van der Waals surface area contributed by atoms with Crippen molar-refractivity contribution in [2.24, 2.45) is 5.92 Å². The molecule has 0 heteroatoms. The van der Waals surface area contributed by atoms with E-state index in [0.29, 0.717) is 0 Å². The fourth-order valence-electron chi connectivity index (χ4n) is 3.13. The van der Waals surface area contributed by atoms with Gasteiger partial charge in [-0.25, -0.2) is 0 Å². The quantitative estimate of drug-likeness (QED) is 0.585. The number of aryl methyl sites for hydroxylation is 1. The first-order valence-electron chi connectivity index (χ1n) is 7.51. The Hall–Kier alpha value is -1.04. The van der Waals surface area contributed by atoms with Gasteiger partial charge < -0.3 is 0 Å². The molecule has 0 nitrogen and oxygen atoms in total. The van der Waals surface area contributed by atoms with Gasteiger partial charge in [-0.15, -0.1) is 0 Å². The second kappa shape index (κ2) is 6.22. The molecular formula is C18H26. The van der Waals surface area contributed by atoms with Gasteiger partial charge in [0.05, 0.1) is 0 Å². The zero-order chi connectivity index (χ0) is 13.0. The molecule has 1 aliphatic rings. The molecule has 0 aromatic heterocycles. The maximum Gasteiger partial charge on any atom is -0.0113 e. The third kappa shape index (κ3) is 2.85. The molecule has 0 spiro atoms. The highest BCUT2D eigenvalue weighted by atomic mass is 14.3. The monoisotopic (exact) mass is 242 g/mol. The van der Waals surface area contributed by atoms with E-state index >= 15 is 0 Å². The van der Waals surface area contributed by atoms with Crippen LogP contribution in [-0.4, -0.2) is 0 Å². The van der Waals surface area contributed by atoms with Gasteiger partial charge in [-0.3, -0.25) is 0 Å². The highest BCUT2D eigenvalue weighted by molar-refractivity contribution is 5.45. The first kappa shape index (κ1) is 13.4. The fourth-order valence-corrected chi connectivity index (χ4v) is 3.13. The fraction of sp³-hybridized carbons (Fsp3) is 0.556. The molecule has 0 bridgehead atoms. The topological polar surface area (TPSA) is 0 Å². The molecule has 98 valence electrons. The molecule has 0 heterocycles. The Balaban J connectivity index is 1.82. The smallest absolute Gasteiger partial charge is 0.0113 e. The summed E-state index contributed by atoms with van der Waals surface area (Å²) in [6, 6.07) is 6.74. The minimum Gasteiger partial charge on any atom is -0.0882 e. The number of hydrogen-bond donors (Lipinski definition) is 0. The zero-order valence-electron chi connectivity index (χ0n) is 12.1. The van der Waals surface area contributed by atoms with E-state index in [-0.39, 0.29) is 0 Å². The van der Waals surface area contributed by atoms with E-state index in [2.05, 4.69) is 51.1 Å². The third-order valence-corrected chi connectivity index (χ3v) is 4.43. The molecule has 1 atom stereocenters. The van der Waals surface area contributed by atoms with Gasteiger partial charge in [-0.2, -0.15) is 0 Å². The van der Waals surface area contributed by atoms with E-state index < -0.39 is 0 Å². The van der Waals surface area contributed by atoms with Crippen molar-refractivity contribution in [3.8, 4) is 0 Å². The summed E-state index contributed by atoms with van der Waals surface area (Å²) in [7, 11) is 0. The van der Waals surface area contributed by atoms with Gasteiger partial charge >= 0.3 is 0 Å². The molecule has 1 aromatic rings. The van der Waals surface area contributed by atoms with Crippen LogP contribution in [0.3, 0.4) is 0 Å². The first-order valence-corrected chi connectivity index (χ1v) is 7.51. The third-order valence-electron chi connectivity index (χ3n) is 4.43. The molecule has 0 radical (unpaired) electrons. The van der Waals surface area contributed by atoms with Crippen molar-refractivity contribution in [3.05, 3.63) is 47.0 Å². The lowest BCUT2D eigenvalue weighted by atomic mass is 9.73. The molecule has 0 fully saturated rings. The van der Waals surface area contributed by atoms with E-state index in [1.54, 1.807) is 11.1 Å². The lowest BCUT2D eigenvalue weighted by Gasteiger charge is -2.32. The highest BCUT2D eigenvalue weighted by Crippen LogP contribution is 2.40. The van der Waals surface area contributed by atoms with Crippen LogP contribution in [0.5, 0.6) is 0 Å². The minimum atomic E-state index is 0.792. The van der Waals surface area contributed by atoms with Crippen LogP contribution < -0.4 is 0 Å². The summed E-state index contributed by atoms with van der Waals surface area (Å²) in [4.78, 5) is 0. The van der Waals surface area contributed by atoms with Crippen molar-refractivity contribution in [3.63, 3.8) is 0 Å². The molecule has 0 saturated carbocycles. The molecule has 1 aromatic carbocycles. The maximum absolute atomic E-state index is 2.43. The number of rotatable bonds is 6. The molecule has 0 amide bonds. The van der Waals surface area contributed by atoms with Gasteiger partial charge in [0.2, 0.25) is 0 Å². The molecule has 2 rings (SSSR count). The summed E-state index contributed by atoms with van der Waals surface area (Å²) in [6.07, 6.45) is 11.3. The number of allylic oxidation sites excluding steroid dienone is 2. The Labute approximate surface area is 112 Å². The second-order valence-electron chi connectivity index (χ2n) is 5.63. The zero-order valence-corrected chi connectivity index (χ0v) is 12.1. The van der Waals surface area contributed by atoms with Crippen molar-refractivity contribution in [1.82, 2.24) is 0 Å². The van der Waals surface area contributed by atoms with Crippen LogP contribution in [0.25, 0.3) is 0 Å². The molecule has 1 unspecified atom stereocenters. The molecule has 18 heavy (non-hydrogen) atoms. The SMILES string of the molecule is CCC(/C=C/CCC1Cc2cccc(C)c21)CC. The predicted molar refractivity (Wildman–Crippen MR) is 80.1 cm³/mol.